The predicted molar refractivity (Wildman–Crippen MR) is 83.5 cm³/mol. The first kappa shape index (κ1) is 11.5. The molecule has 0 saturated carbocycles. The Morgan fingerprint density at radius 3 is 1.26 bits per heavy atom. The number of benzene rings is 3. The van der Waals surface area contributed by atoms with Crippen molar-refractivity contribution in [3.63, 3.8) is 0 Å². The van der Waals surface area contributed by atoms with Crippen molar-refractivity contribution in [1.82, 2.24) is 4.57 Å². The molecule has 92 valence electrons. The number of nitrogens with zero attached hydrogens (tertiary/aromatic N) is 1. The summed E-state index contributed by atoms with van der Waals surface area (Å²) in [6, 6.07) is 25.0. The Morgan fingerprint density at radius 2 is 1.00 bits per heavy atom. The summed E-state index contributed by atoms with van der Waals surface area (Å²) in [5, 5.41) is 2.62. The lowest BCUT2D eigenvalue weighted by Crippen LogP contribution is -1.75. The first-order chi connectivity index (χ1) is 9.38. The van der Waals surface area contributed by atoms with Crippen molar-refractivity contribution in [3.8, 4) is 0 Å². The van der Waals surface area contributed by atoms with Crippen molar-refractivity contribution in [3.05, 3.63) is 79.4 Å². The average Bonchev–Trinajstić information content (AvgIpc) is 3.07. The van der Waals surface area contributed by atoms with Crippen LogP contribution in [0.5, 0.6) is 0 Å². The Morgan fingerprint density at radius 1 is 0.632 bits per heavy atom. The molecule has 0 unspecified atom stereocenters. The van der Waals surface area contributed by atoms with E-state index in [1.165, 1.54) is 21.8 Å². The maximum absolute atomic E-state index is 3.69. The van der Waals surface area contributed by atoms with Crippen LogP contribution in [-0.2, 0) is 0 Å². The minimum atomic E-state index is 1.22. The van der Waals surface area contributed by atoms with Crippen LogP contribution in [0.3, 0.4) is 0 Å². The molecular weight excluding hydrogens is 230 g/mol. The quantitative estimate of drug-likeness (QED) is 0.444. The maximum atomic E-state index is 3.69. The molecule has 4 rings (SSSR count). The molecule has 0 aliphatic carbocycles. The fraction of sp³-hybridized carbons (Fsp3) is 0. The smallest absolute Gasteiger partial charge is 0.0456 e. The molecule has 2 aromatic heterocycles. The third kappa shape index (κ3) is 2.23. The van der Waals surface area contributed by atoms with E-state index >= 15 is 0 Å². The van der Waals surface area contributed by atoms with Crippen molar-refractivity contribution in [2.75, 3.05) is 0 Å². The van der Waals surface area contributed by atoms with Gasteiger partial charge < -0.3 is 4.57 Å². The van der Waals surface area contributed by atoms with Gasteiger partial charge in [-0.1, -0.05) is 55.1 Å². The van der Waals surface area contributed by atoms with Gasteiger partial charge in [-0.3, -0.25) is 0 Å². The Kier molecular flexibility index (Phi) is 3.03. The second-order valence-electron chi connectivity index (χ2n) is 4.42. The summed E-state index contributed by atoms with van der Waals surface area (Å²) in [5.74, 6) is 0. The number of rotatable bonds is 1. The van der Waals surface area contributed by atoms with Gasteiger partial charge in [0.2, 0.25) is 0 Å². The van der Waals surface area contributed by atoms with Crippen LogP contribution in [0.1, 0.15) is 0 Å². The zero-order valence-corrected chi connectivity index (χ0v) is 10.7. The van der Waals surface area contributed by atoms with E-state index in [0.29, 0.717) is 0 Å². The van der Waals surface area contributed by atoms with Crippen LogP contribution >= 0.6 is 0 Å². The summed E-state index contributed by atoms with van der Waals surface area (Å²) in [5.41, 5.74) is 2.44. The van der Waals surface area contributed by atoms with Crippen molar-refractivity contribution >= 4 is 28.0 Å². The fourth-order valence-electron chi connectivity index (χ4n) is 2.27. The molecule has 1 nitrogen and oxygen atoms in total. The van der Waals surface area contributed by atoms with E-state index in [1.54, 1.807) is 0 Å². The average molecular weight is 245 g/mol. The Labute approximate surface area is 112 Å². The van der Waals surface area contributed by atoms with Gasteiger partial charge in [0.05, 0.1) is 0 Å². The van der Waals surface area contributed by atoms with Gasteiger partial charge in [0.25, 0.3) is 0 Å². The van der Waals surface area contributed by atoms with Crippen LogP contribution in [0.25, 0.3) is 28.0 Å². The Hall–Kier alpha value is -2.54. The van der Waals surface area contributed by atoms with Gasteiger partial charge in [-0.05, 0) is 35.0 Å². The monoisotopic (exact) mass is 245 g/mol. The first-order valence-electron chi connectivity index (χ1n) is 6.34. The van der Waals surface area contributed by atoms with E-state index in [2.05, 4.69) is 83.9 Å². The van der Waals surface area contributed by atoms with E-state index in [-0.39, 0.29) is 0 Å². The standard InChI is InChI=1S/C10H8.C8H7N/c1-2-6-10-8-4-3-7-9(10)5-1;1-2-9-7-3-4-8(9)6-5-7/h1-8H;2-6H,1H2. The highest BCUT2D eigenvalue weighted by Crippen LogP contribution is 2.15. The summed E-state index contributed by atoms with van der Waals surface area (Å²) in [7, 11) is 0. The minimum Gasteiger partial charge on any atom is -0.318 e. The summed E-state index contributed by atoms with van der Waals surface area (Å²) in [6.45, 7) is 3.69. The highest BCUT2D eigenvalue weighted by atomic mass is 14.9. The third-order valence-corrected chi connectivity index (χ3v) is 3.25. The Balaban J connectivity index is 0.000000117. The lowest BCUT2D eigenvalue weighted by Gasteiger charge is -1.92. The molecule has 0 aliphatic heterocycles. The van der Waals surface area contributed by atoms with Crippen LogP contribution in [0, 0.1) is 0 Å². The SMILES string of the molecule is C=Cn1c2ccc1cc2.c1ccc2ccccc2c1. The first-order valence-corrected chi connectivity index (χ1v) is 6.34. The lowest BCUT2D eigenvalue weighted by molar-refractivity contribution is 1.32. The van der Waals surface area contributed by atoms with Crippen molar-refractivity contribution in [1.29, 1.82) is 0 Å². The van der Waals surface area contributed by atoms with Gasteiger partial charge in [0.1, 0.15) is 0 Å². The summed E-state index contributed by atoms with van der Waals surface area (Å²) >= 11 is 0. The topological polar surface area (TPSA) is 4.93 Å². The molecular formula is C18H15N. The highest BCUT2D eigenvalue weighted by Gasteiger charge is 1.97. The van der Waals surface area contributed by atoms with Crippen LogP contribution in [0.2, 0.25) is 0 Å². The van der Waals surface area contributed by atoms with Gasteiger partial charge in [0.15, 0.2) is 0 Å². The lowest BCUT2D eigenvalue weighted by atomic mass is 10.1. The van der Waals surface area contributed by atoms with E-state index in [4.69, 9.17) is 0 Å². The van der Waals surface area contributed by atoms with E-state index in [0.717, 1.165) is 0 Å². The minimum absolute atomic E-state index is 1.22. The molecule has 0 fully saturated rings. The fourth-order valence-corrected chi connectivity index (χ4v) is 2.27. The zero-order valence-electron chi connectivity index (χ0n) is 10.7. The number of hydrogen-bond donors (Lipinski definition) is 0. The molecule has 0 N–H and O–H groups in total. The molecule has 0 radical (unpaired) electrons. The molecule has 0 aliphatic rings. The van der Waals surface area contributed by atoms with Gasteiger partial charge in [0, 0.05) is 17.2 Å². The third-order valence-electron chi connectivity index (χ3n) is 3.25. The van der Waals surface area contributed by atoms with E-state index in [9.17, 15) is 0 Å². The molecule has 2 heterocycles. The van der Waals surface area contributed by atoms with E-state index in [1.807, 2.05) is 6.20 Å². The number of hydrogen-bond acceptors (Lipinski definition) is 0. The summed E-state index contributed by atoms with van der Waals surface area (Å²) < 4.78 is 2.06. The summed E-state index contributed by atoms with van der Waals surface area (Å²) in [4.78, 5) is 0. The molecule has 2 aromatic carbocycles. The molecule has 0 spiro atoms. The Bertz CT molecular complexity index is 682. The molecule has 4 aromatic rings. The van der Waals surface area contributed by atoms with Gasteiger partial charge >= 0.3 is 0 Å². The van der Waals surface area contributed by atoms with Gasteiger partial charge in [-0.25, -0.2) is 0 Å². The number of aromatic nitrogens is 1. The normalized spacial score (nSPS) is 10.3. The maximum Gasteiger partial charge on any atom is 0.0456 e. The second-order valence-corrected chi connectivity index (χ2v) is 4.42. The number of fused-ring (bicyclic) bond motifs is 3. The van der Waals surface area contributed by atoms with Crippen molar-refractivity contribution in [2.45, 2.75) is 0 Å². The highest BCUT2D eigenvalue weighted by molar-refractivity contribution is 5.82. The molecule has 0 saturated heterocycles. The molecule has 2 bridgehead atoms. The van der Waals surface area contributed by atoms with Gasteiger partial charge in [-0.15, -0.1) is 0 Å². The molecule has 0 amide bonds. The predicted octanol–water partition coefficient (Wildman–Crippen LogP) is 5.02. The van der Waals surface area contributed by atoms with E-state index < -0.39 is 0 Å². The largest absolute Gasteiger partial charge is 0.318 e. The molecule has 1 heteroatoms. The van der Waals surface area contributed by atoms with Crippen LogP contribution in [0.4, 0.5) is 0 Å². The summed E-state index contributed by atoms with van der Waals surface area (Å²) in [6.07, 6.45) is 1.82. The van der Waals surface area contributed by atoms with Crippen LogP contribution in [-0.4, -0.2) is 4.57 Å². The van der Waals surface area contributed by atoms with Crippen molar-refractivity contribution in [2.24, 2.45) is 0 Å². The zero-order chi connectivity index (χ0) is 13.1. The van der Waals surface area contributed by atoms with Crippen LogP contribution in [0.15, 0.2) is 79.4 Å². The molecule has 0 atom stereocenters. The second kappa shape index (κ2) is 4.99. The van der Waals surface area contributed by atoms with Gasteiger partial charge in [-0.2, -0.15) is 0 Å². The van der Waals surface area contributed by atoms with Crippen molar-refractivity contribution < 1.29 is 0 Å². The molecule has 19 heavy (non-hydrogen) atoms. The van der Waals surface area contributed by atoms with Crippen LogP contribution < -0.4 is 0 Å².